The van der Waals surface area contributed by atoms with Crippen LogP contribution in [0, 0.1) is 0 Å². The second-order valence-electron chi connectivity index (χ2n) is 4.10. The molecule has 2 aliphatic heterocycles. The summed E-state index contributed by atoms with van der Waals surface area (Å²) in [7, 11) is 4.01. The van der Waals surface area contributed by atoms with Crippen molar-refractivity contribution < 1.29 is 4.79 Å². The molecule has 74 valence electrons. The van der Waals surface area contributed by atoms with E-state index in [0.29, 0.717) is 6.04 Å². The minimum atomic E-state index is 0.212. The standard InChI is InChI=1S/C9H17N3O/c1-10-5-6-12-8(7-10)3-4-11(2)9(12)13/h8H,3-7H2,1-2H3. The number of hydrogen-bond acceptors (Lipinski definition) is 2. The lowest BCUT2D eigenvalue weighted by atomic mass is 10.1. The number of likely N-dealkylation sites (N-methyl/N-ethyl adjacent to an activating group) is 1. The molecule has 4 heteroatoms. The van der Waals surface area contributed by atoms with Crippen molar-refractivity contribution in [1.29, 1.82) is 0 Å². The van der Waals surface area contributed by atoms with Gasteiger partial charge in [-0.15, -0.1) is 0 Å². The van der Waals surface area contributed by atoms with Crippen molar-refractivity contribution in [2.24, 2.45) is 0 Å². The van der Waals surface area contributed by atoms with Crippen LogP contribution in [0.5, 0.6) is 0 Å². The van der Waals surface area contributed by atoms with E-state index in [4.69, 9.17) is 0 Å². The van der Waals surface area contributed by atoms with Gasteiger partial charge in [-0.25, -0.2) is 4.79 Å². The summed E-state index contributed by atoms with van der Waals surface area (Å²) >= 11 is 0. The van der Waals surface area contributed by atoms with Gasteiger partial charge in [0.05, 0.1) is 0 Å². The first-order valence-electron chi connectivity index (χ1n) is 4.89. The first kappa shape index (κ1) is 8.81. The molecule has 0 spiro atoms. The Kier molecular flexibility index (Phi) is 2.15. The Morgan fingerprint density at radius 3 is 2.77 bits per heavy atom. The van der Waals surface area contributed by atoms with Gasteiger partial charge in [0, 0.05) is 39.3 Å². The number of carbonyl (C=O) groups excluding carboxylic acids is 1. The van der Waals surface area contributed by atoms with Crippen molar-refractivity contribution >= 4 is 6.03 Å². The highest BCUT2D eigenvalue weighted by molar-refractivity contribution is 5.75. The maximum absolute atomic E-state index is 11.7. The SMILES string of the molecule is CN1CCN2C(=O)N(C)CCC2C1. The van der Waals surface area contributed by atoms with Crippen LogP contribution < -0.4 is 0 Å². The third kappa shape index (κ3) is 1.50. The smallest absolute Gasteiger partial charge is 0.320 e. The largest absolute Gasteiger partial charge is 0.328 e. The predicted molar refractivity (Wildman–Crippen MR) is 50.6 cm³/mol. The quantitative estimate of drug-likeness (QED) is 0.531. The van der Waals surface area contributed by atoms with Crippen molar-refractivity contribution in [3.05, 3.63) is 0 Å². The number of amides is 2. The molecule has 2 rings (SSSR count). The van der Waals surface area contributed by atoms with Crippen LogP contribution in [0.15, 0.2) is 0 Å². The molecule has 2 aliphatic rings. The summed E-state index contributed by atoms with van der Waals surface area (Å²) in [4.78, 5) is 17.8. The van der Waals surface area contributed by atoms with Gasteiger partial charge >= 0.3 is 6.03 Å². The van der Waals surface area contributed by atoms with E-state index in [1.165, 1.54) is 0 Å². The molecule has 1 unspecified atom stereocenters. The number of fused-ring (bicyclic) bond motifs is 1. The Hall–Kier alpha value is -0.770. The van der Waals surface area contributed by atoms with Crippen LogP contribution in [-0.2, 0) is 0 Å². The van der Waals surface area contributed by atoms with E-state index in [2.05, 4.69) is 11.9 Å². The molecule has 13 heavy (non-hydrogen) atoms. The lowest BCUT2D eigenvalue weighted by molar-refractivity contribution is 0.0600. The molecule has 0 aromatic heterocycles. The van der Waals surface area contributed by atoms with Gasteiger partial charge in [0.15, 0.2) is 0 Å². The lowest BCUT2D eigenvalue weighted by Gasteiger charge is -2.45. The van der Waals surface area contributed by atoms with Gasteiger partial charge in [0.1, 0.15) is 0 Å². The van der Waals surface area contributed by atoms with Gasteiger partial charge in [-0.2, -0.15) is 0 Å². The normalized spacial score (nSPS) is 30.6. The molecular weight excluding hydrogens is 166 g/mol. The maximum Gasteiger partial charge on any atom is 0.320 e. The fourth-order valence-electron chi connectivity index (χ4n) is 2.17. The van der Waals surface area contributed by atoms with Crippen molar-refractivity contribution in [2.45, 2.75) is 12.5 Å². The second kappa shape index (κ2) is 3.18. The Morgan fingerprint density at radius 1 is 1.23 bits per heavy atom. The summed E-state index contributed by atoms with van der Waals surface area (Å²) in [6, 6.07) is 0.673. The molecule has 2 amide bonds. The lowest BCUT2D eigenvalue weighted by Crippen LogP contribution is -2.60. The minimum Gasteiger partial charge on any atom is -0.328 e. The molecule has 4 nitrogen and oxygen atoms in total. The predicted octanol–water partition coefficient (Wildman–Crippen LogP) is 0.0579. The Morgan fingerprint density at radius 2 is 2.00 bits per heavy atom. The van der Waals surface area contributed by atoms with Crippen LogP contribution in [-0.4, -0.2) is 67.0 Å². The highest BCUT2D eigenvalue weighted by Gasteiger charge is 2.34. The molecule has 2 heterocycles. The van der Waals surface area contributed by atoms with Crippen molar-refractivity contribution in [1.82, 2.24) is 14.7 Å². The summed E-state index contributed by atoms with van der Waals surface area (Å²) in [5.41, 5.74) is 0. The highest BCUT2D eigenvalue weighted by Crippen LogP contribution is 2.18. The van der Waals surface area contributed by atoms with Crippen LogP contribution >= 0.6 is 0 Å². The topological polar surface area (TPSA) is 26.8 Å². The molecule has 0 N–H and O–H groups in total. The van der Waals surface area contributed by atoms with Gasteiger partial charge < -0.3 is 14.7 Å². The molecule has 0 radical (unpaired) electrons. The molecule has 0 bridgehead atoms. The van der Waals surface area contributed by atoms with Crippen LogP contribution in [0.2, 0.25) is 0 Å². The van der Waals surface area contributed by atoms with E-state index in [1.807, 2.05) is 16.8 Å². The number of piperazine rings is 1. The van der Waals surface area contributed by atoms with Gasteiger partial charge in [0.25, 0.3) is 0 Å². The van der Waals surface area contributed by atoms with Crippen molar-refractivity contribution in [2.75, 3.05) is 40.3 Å². The fourth-order valence-corrected chi connectivity index (χ4v) is 2.17. The summed E-state index contributed by atoms with van der Waals surface area (Å²) in [5.74, 6) is 0. The zero-order valence-corrected chi connectivity index (χ0v) is 8.36. The zero-order valence-electron chi connectivity index (χ0n) is 8.36. The molecule has 0 aromatic carbocycles. The maximum atomic E-state index is 11.7. The Balaban J connectivity index is 2.06. The molecule has 2 fully saturated rings. The van der Waals surface area contributed by atoms with Gasteiger partial charge in [-0.1, -0.05) is 0 Å². The number of rotatable bonds is 0. The second-order valence-corrected chi connectivity index (χ2v) is 4.10. The van der Waals surface area contributed by atoms with Crippen molar-refractivity contribution in [3.63, 3.8) is 0 Å². The van der Waals surface area contributed by atoms with E-state index in [-0.39, 0.29) is 6.03 Å². The summed E-state index contributed by atoms with van der Waals surface area (Å²) in [5, 5.41) is 0. The van der Waals surface area contributed by atoms with Gasteiger partial charge in [-0.3, -0.25) is 0 Å². The van der Waals surface area contributed by atoms with Crippen LogP contribution in [0.1, 0.15) is 6.42 Å². The highest BCUT2D eigenvalue weighted by atomic mass is 16.2. The zero-order chi connectivity index (χ0) is 9.42. The van der Waals surface area contributed by atoms with E-state index in [0.717, 1.165) is 32.6 Å². The first-order chi connectivity index (χ1) is 6.18. The number of carbonyl (C=O) groups is 1. The molecular formula is C9H17N3O. The number of hydrogen-bond donors (Lipinski definition) is 0. The van der Waals surface area contributed by atoms with Gasteiger partial charge in [-0.05, 0) is 13.5 Å². The Bertz CT molecular complexity index is 219. The summed E-state index contributed by atoms with van der Waals surface area (Å²) in [6.45, 7) is 3.85. The Labute approximate surface area is 79.1 Å². The summed E-state index contributed by atoms with van der Waals surface area (Å²) < 4.78 is 0. The summed E-state index contributed by atoms with van der Waals surface area (Å²) in [6.07, 6.45) is 1.12. The van der Waals surface area contributed by atoms with Gasteiger partial charge in [0.2, 0.25) is 0 Å². The molecule has 0 aliphatic carbocycles. The monoisotopic (exact) mass is 183 g/mol. The third-order valence-corrected chi connectivity index (χ3v) is 3.06. The minimum absolute atomic E-state index is 0.212. The molecule has 0 saturated carbocycles. The molecule has 2 saturated heterocycles. The van der Waals surface area contributed by atoms with E-state index in [1.54, 1.807) is 0 Å². The fraction of sp³-hybridized carbons (Fsp3) is 0.889. The number of nitrogens with zero attached hydrogens (tertiary/aromatic N) is 3. The van der Waals surface area contributed by atoms with E-state index in [9.17, 15) is 4.79 Å². The van der Waals surface area contributed by atoms with E-state index < -0.39 is 0 Å². The first-order valence-corrected chi connectivity index (χ1v) is 4.89. The third-order valence-electron chi connectivity index (χ3n) is 3.06. The average Bonchev–Trinajstić information content (AvgIpc) is 2.12. The van der Waals surface area contributed by atoms with Crippen LogP contribution in [0.3, 0.4) is 0 Å². The molecule has 0 aromatic rings. The van der Waals surface area contributed by atoms with Crippen LogP contribution in [0.4, 0.5) is 4.79 Å². The average molecular weight is 183 g/mol. The van der Waals surface area contributed by atoms with Crippen LogP contribution in [0.25, 0.3) is 0 Å². The van der Waals surface area contributed by atoms with E-state index >= 15 is 0 Å². The number of urea groups is 1. The van der Waals surface area contributed by atoms with Crippen molar-refractivity contribution in [3.8, 4) is 0 Å². The molecule has 1 atom stereocenters.